The Labute approximate surface area is 262 Å². The van der Waals surface area contributed by atoms with Crippen LogP contribution in [-0.4, -0.2) is 44.3 Å². The smallest absolute Gasteiger partial charge is 0.264 e. The zero-order valence-corrected chi connectivity index (χ0v) is 26.9. The van der Waals surface area contributed by atoms with Gasteiger partial charge in [0.25, 0.3) is 10.0 Å². The molecular formula is C34H36BrN3O4S. The van der Waals surface area contributed by atoms with E-state index in [0.29, 0.717) is 12.2 Å². The van der Waals surface area contributed by atoms with E-state index in [4.69, 9.17) is 0 Å². The van der Waals surface area contributed by atoms with E-state index in [2.05, 4.69) is 21.2 Å². The van der Waals surface area contributed by atoms with Gasteiger partial charge in [-0.15, -0.1) is 0 Å². The topological polar surface area (TPSA) is 86.8 Å². The summed E-state index contributed by atoms with van der Waals surface area (Å²) in [5.41, 5.74) is 4.00. The van der Waals surface area contributed by atoms with Crippen LogP contribution in [0.2, 0.25) is 0 Å². The molecule has 4 aromatic rings. The summed E-state index contributed by atoms with van der Waals surface area (Å²) in [4.78, 5) is 29.5. The molecule has 7 nitrogen and oxygen atoms in total. The van der Waals surface area contributed by atoms with E-state index in [1.165, 1.54) is 4.90 Å². The maximum Gasteiger partial charge on any atom is 0.264 e. The van der Waals surface area contributed by atoms with Gasteiger partial charge in [-0.05, 0) is 68.3 Å². The molecule has 0 aromatic heterocycles. The Morgan fingerprint density at radius 3 is 2.09 bits per heavy atom. The first-order chi connectivity index (χ1) is 20.6. The monoisotopic (exact) mass is 661 g/mol. The molecule has 4 rings (SSSR count). The fourth-order valence-electron chi connectivity index (χ4n) is 4.83. The zero-order chi connectivity index (χ0) is 31.0. The summed E-state index contributed by atoms with van der Waals surface area (Å²) >= 11 is 3.41. The highest BCUT2D eigenvalue weighted by Crippen LogP contribution is 2.27. The van der Waals surface area contributed by atoms with Crippen molar-refractivity contribution >= 4 is 43.5 Å². The average Bonchev–Trinajstić information content (AvgIpc) is 2.99. The minimum atomic E-state index is -4.14. The van der Waals surface area contributed by atoms with Gasteiger partial charge in [-0.1, -0.05) is 93.8 Å². The van der Waals surface area contributed by atoms with E-state index in [0.717, 1.165) is 31.0 Å². The Hall–Kier alpha value is -3.95. The highest BCUT2D eigenvalue weighted by Gasteiger charge is 2.34. The third-order valence-corrected chi connectivity index (χ3v) is 9.38. The molecule has 1 N–H and O–H groups in total. The largest absolute Gasteiger partial charge is 0.355 e. The van der Waals surface area contributed by atoms with Crippen LogP contribution in [-0.2, 0) is 32.6 Å². The molecule has 1 atom stereocenters. The Bertz CT molecular complexity index is 1640. The number of nitrogens with one attached hydrogen (secondary N) is 1. The number of benzene rings is 4. The minimum Gasteiger partial charge on any atom is -0.355 e. The van der Waals surface area contributed by atoms with E-state index in [1.54, 1.807) is 48.5 Å². The SMILES string of the molecule is CCNC(=O)[C@@H](Cc1ccccc1)N(Cc1cccc(C)c1)C(=O)CN(c1ccc(Br)cc1)S(=O)(=O)c1ccc(C)cc1. The maximum absolute atomic E-state index is 14.4. The van der Waals surface area contributed by atoms with Gasteiger partial charge in [-0.3, -0.25) is 13.9 Å². The fourth-order valence-corrected chi connectivity index (χ4v) is 6.51. The normalized spacial score (nSPS) is 11.9. The molecule has 0 saturated heterocycles. The number of nitrogens with zero attached hydrogens (tertiary/aromatic N) is 2. The van der Waals surface area contributed by atoms with Gasteiger partial charge >= 0.3 is 0 Å². The maximum atomic E-state index is 14.4. The molecule has 0 heterocycles. The van der Waals surface area contributed by atoms with Crippen LogP contribution in [0, 0.1) is 13.8 Å². The van der Waals surface area contributed by atoms with Gasteiger partial charge in [0.2, 0.25) is 11.8 Å². The Kier molecular flexibility index (Phi) is 10.8. The molecule has 9 heteroatoms. The summed E-state index contributed by atoms with van der Waals surface area (Å²) in [6.07, 6.45) is 0.271. The van der Waals surface area contributed by atoms with Crippen molar-refractivity contribution in [3.8, 4) is 0 Å². The average molecular weight is 663 g/mol. The third kappa shape index (κ3) is 8.33. The van der Waals surface area contributed by atoms with Crippen LogP contribution >= 0.6 is 15.9 Å². The Balaban J connectivity index is 1.79. The van der Waals surface area contributed by atoms with Gasteiger partial charge < -0.3 is 10.2 Å². The molecule has 0 aliphatic rings. The molecule has 4 aromatic carbocycles. The molecular weight excluding hydrogens is 626 g/mol. The van der Waals surface area contributed by atoms with Crippen LogP contribution in [0.25, 0.3) is 0 Å². The molecule has 0 aliphatic heterocycles. The zero-order valence-electron chi connectivity index (χ0n) is 24.5. The van der Waals surface area contributed by atoms with Crippen molar-refractivity contribution in [2.45, 2.75) is 44.7 Å². The van der Waals surface area contributed by atoms with Crippen molar-refractivity contribution in [1.82, 2.24) is 10.2 Å². The van der Waals surface area contributed by atoms with Gasteiger partial charge in [0.15, 0.2) is 0 Å². The molecule has 2 amide bonds. The standard InChI is InChI=1S/C34H36BrN3O4S/c1-4-36-34(40)32(22-27-10-6-5-7-11-27)37(23-28-12-8-9-26(3)21-28)33(39)24-38(30-17-15-29(35)16-18-30)43(41,42)31-19-13-25(2)14-20-31/h5-21,32H,4,22-24H2,1-3H3,(H,36,40)/t32-/m1/s1. The first-order valence-corrected chi connectivity index (χ1v) is 16.3. The van der Waals surface area contributed by atoms with Crippen LogP contribution in [0.5, 0.6) is 0 Å². The molecule has 0 unspecified atom stereocenters. The molecule has 43 heavy (non-hydrogen) atoms. The molecule has 0 bridgehead atoms. The lowest BCUT2D eigenvalue weighted by Gasteiger charge is -2.34. The first-order valence-electron chi connectivity index (χ1n) is 14.1. The number of hydrogen-bond acceptors (Lipinski definition) is 4. The van der Waals surface area contributed by atoms with Gasteiger partial charge in [-0.25, -0.2) is 8.42 Å². The summed E-state index contributed by atoms with van der Waals surface area (Å²) in [6, 6.07) is 29.7. The van der Waals surface area contributed by atoms with Crippen LogP contribution in [0.3, 0.4) is 0 Å². The van der Waals surface area contributed by atoms with E-state index in [1.807, 2.05) is 75.4 Å². The van der Waals surface area contributed by atoms with E-state index < -0.39 is 28.5 Å². The third-order valence-electron chi connectivity index (χ3n) is 7.06. The van der Waals surface area contributed by atoms with Gasteiger partial charge in [0.05, 0.1) is 10.6 Å². The molecule has 0 radical (unpaired) electrons. The van der Waals surface area contributed by atoms with E-state index in [9.17, 15) is 18.0 Å². The summed E-state index contributed by atoms with van der Waals surface area (Å²) in [5, 5.41) is 2.88. The lowest BCUT2D eigenvalue weighted by atomic mass is 10.0. The first kappa shape index (κ1) is 32.0. The number of carbonyl (C=O) groups excluding carboxylic acids is 2. The lowest BCUT2D eigenvalue weighted by molar-refractivity contribution is -0.140. The summed E-state index contributed by atoms with van der Waals surface area (Å²) in [6.45, 7) is 5.70. The highest BCUT2D eigenvalue weighted by atomic mass is 79.9. The lowest BCUT2D eigenvalue weighted by Crippen LogP contribution is -2.53. The van der Waals surface area contributed by atoms with Gasteiger partial charge in [-0.2, -0.15) is 0 Å². The number of anilines is 1. The second-order valence-electron chi connectivity index (χ2n) is 10.4. The van der Waals surface area contributed by atoms with Crippen LogP contribution in [0.4, 0.5) is 5.69 Å². The summed E-state index contributed by atoms with van der Waals surface area (Å²) < 4.78 is 30.0. The summed E-state index contributed by atoms with van der Waals surface area (Å²) in [7, 11) is -4.14. The molecule has 0 fully saturated rings. The summed E-state index contributed by atoms with van der Waals surface area (Å²) in [5.74, 6) is -0.795. The second-order valence-corrected chi connectivity index (χ2v) is 13.2. The molecule has 224 valence electrons. The van der Waals surface area contributed by atoms with Gasteiger partial charge in [0, 0.05) is 24.0 Å². The van der Waals surface area contributed by atoms with Crippen molar-refractivity contribution in [3.05, 3.63) is 130 Å². The number of likely N-dealkylation sites (N-methyl/N-ethyl adjacent to an activating group) is 1. The van der Waals surface area contributed by atoms with E-state index in [-0.39, 0.29) is 23.8 Å². The van der Waals surface area contributed by atoms with Crippen molar-refractivity contribution < 1.29 is 18.0 Å². The van der Waals surface area contributed by atoms with Crippen molar-refractivity contribution in [2.24, 2.45) is 0 Å². The number of amides is 2. The van der Waals surface area contributed by atoms with Crippen LogP contribution in [0.15, 0.2) is 112 Å². The number of halogens is 1. The number of sulfonamides is 1. The second kappa shape index (κ2) is 14.5. The van der Waals surface area contributed by atoms with Crippen LogP contribution < -0.4 is 9.62 Å². The number of carbonyl (C=O) groups is 2. The number of aryl methyl sites for hydroxylation is 2. The predicted octanol–water partition coefficient (Wildman–Crippen LogP) is 6.04. The van der Waals surface area contributed by atoms with Crippen molar-refractivity contribution in [1.29, 1.82) is 0 Å². The quantitative estimate of drug-likeness (QED) is 0.201. The van der Waals surface area contributed by atoms with Crippen molar-refractivity contribution in [3.63, 3.8) is 0 Å². The number of rotatable bonds is 12. The highest BCUT2D eigenvalue weighted by molar-refractivity contribution is 9.10. The Morgan fingerprint density at radius 1 is 0.814 bits per heavy atom. The molecule has 0 aliphatic carbocycles. The Morgan fingerprint density at radius 2 is 1.47 bits per heavy atom. The van der Waals surface area contributed by atoms with Crippen molar-refractivity contribution in [2.75, 3.05) is 17.4 Å². The minimum absolute atomic E-state index is 0.0728. The van der Waals surface area contributed by atoms with E-state index >= 15 is 0 Å². The number of hydrogen-bond donors (Lipinski definition) is 1. The van der Waals surface area contributed by atoms with Gasteiger partial charge in [0.1, 0.15) is 12.6 Å². The molecule has 0 spiro atoms. The molecule has 0 saturated carbocycles. The van der Waals surface area contributed by atoms with Crippen LogP contribution in [0.1, 0.15) is 29.2 Å². The fraction of sp³-hybridized carbons (Fsp3) is 0.235. The predicted molar refractivity (Wildman–Crippen MR) is 174 cm³/mol.